The molecule has 22 heavy (non-hydrogen) atoms. The van der Waals surface area contributed by atoms with E-state index < -0.39 is 23.0 Å². The van der Waals surface area contributed by atoms with Crippen molar-refractivity contribution in [3.63, 3.8) is 0 Å². The van der Waals surface area contributed by atoms with Gasteiger partial charge in [-0.1, -0.05) is 6.42 Å². The first kappa shape index (κ1) is 19.3. The number of nitrogens with zero attached hydrogens (tertiary/aromatic N) is 3. The zero-order valence-electron chi connectivity index (χ0n) is 12.2. The third-order valence-corrected chi connectivity index (χ3v) is 5.52. The Morgan fingerprint density at radius 2 is 2.14 bits per heavy atom. The normalized spacial score (nSPS) is 21.6. The van der Waals surface area contributed by atoms with Crippen LogP contribution in [0.15, 0.2) is 17.3 Å². The molecular weight excluding hydrogens is 338 g/mol. The van der Waals surface area contributed by atoms with Gasteiger partial charge >= 0.3 is 0 Å². The summed E-state index contributed by atoms with van der Waals surface area (Å²) in [5.41, 5.74) is 5.88. The Kier molecular flexibility index (Phi) is 6.72. The topological polar surface area (TPSA) is 81.2 Å². The van der Waals surface area contributed by atoms with Crippen molar-refractivity contribution in [3.8, 4) is 0 Å². The van der Waals surface area contributed by atoms with Crippen molar-refractivity contribution in [2.24, 2.45) is 5.73 Å². The predicted octanol–water partition coefficient (Wildman–Crippen LogP) is 1.46. The second-order valence-electron chi connectivity index (χ2n) is 5.33. The molecule has 1 saturated heterocycles. The molecule has 6 nitrogen and oxygen atoms in total. The fraction of sp³-hybridized carbons (Fsp3) is 0.750. The summed E-state index contributed by atoms with van der Waals surface area (Å²) in [7, 11) is -3.75. The zero-order chi connectivity index (χ0) is 15.6. The lowest BCUT2D eigenvalue weighted by molar-refractivity contribution is 0.121. The van der Waals surface area contributed by atoms with E-state index in [0.29, 0.717) is 13.0 Å². The van der Waals surface area contributed by atoms with Crippen LogP contribution in [0, 0.1) is 0 Å². The Morgan fingerprint density at radius 1 is 1.45 bits per heavy atom. The van der Waals surface area contributed by atoms with Crippen molar-refractivity contribution in [1.82, 2.24) is 14.1 Å². The highest BCUT2D eigenvalue weighted by Gasteiger charge is 2.36. The van der Waals surface area contributed by atoms with Gasteiger partial charge in [-0.05, 0) is 19.8 Å². The maximum absolute atomic E-state index is 12.6. The molecule has 0 aliphatic carbocycles. The van der Waals surface area contributed by atoms with Crippen molar-refractivity contribution >= 4 is 22.4 Å². The smallest absolute Gasteiger partial charge is 0.257 e. The van der Waals surface area contributed by atoms with Gasteiger partial charge in [-0.2, -0.15) is 9.40 Å². The summed E-state index contributed by atoms with van der Waals surface area (Å²) in [6.45, 7) is 1.56. The van der Waals surface area contributed by atoms with Gasteiger partial charge in [0.05, 0.1) is 6.20 Å². The summed E-state index contributed by atoms with van der Waals surface area (Å²) in [6, 6.07) is -0.543. The van der Waals surface area contributed by atoms with Gasteiger partial charge in [0.1, 0.15) is 11.4 Å². The van der Waals surface area contributed by atoms with Crippen molar-refractivity contribution in [2.75, 3.05) is 6.54 Å². The van der Waals surface area contributed by atoms with E-state index in [1.807, 2.05) is 0 Å². The number of rotatable bonds is 5. The van der Waals surface area contributed by atoms with Gasteiger partial charge in [-0.15, -0.1) is 12.4 Å². The van der Waals surface area contributed by atoms with Gasteiger partial charge in [0.25, 0.3) is 6.43 Å². The van der Waals surface area contributed by atoms with Gasteiger partial charge in [0, 0.05) is 24.8 Å². The van der Waals surface area contributed by atoms with Crippen LogP contribution in [0.4, 0.5) is 8.78 Å². The quantitative estimate of drug-likeness (QED) is 0.864. The minimum atomic E-state index is -3.75. The Bertz CT molecular complexity index is 579. The van der Waals surface area contributed by atoms with Crippen LogP contribution in [0.25, 0.3) is 0 Å². The van der Waals surface area contributed by atoms with E-state index in [9.17, 15) is 17.2 Å². The van der Waals surface area contributed by atoms with E-state index in [0.717, 1.165) is 29.9 Å². The predicted molar refractivity (Wildman–Crippen MR) is 80.7 cm³/mol. The Balaban J connectivity index is 0.00000242. The fourth-order valence-electron chi connectivity index (χ4n) is 2.61. The molecule has 0 saturated carbocycles. The lowest BCUT2D eigenvalue weighted by Crippen LogP contribution is -2.51. The molecule has 2 heterocycles. The molecule has 1 aliphatic rings. The van der Waals surface area contributed by atoms with Crippen LogP contribution in [-0.2, 0) is 16.6 Å². The summed E-state index contributed by atoms with van der Waals surface area (Å²) < 4.78 is 52.2. The number of aromatic nitrogens is 2. The number of hydrogen-bond acceptors (Lipinski definition) is 4. The van der Waals surface area contributed by atoms with Crippen LogP contribution >= 0.6 is 12.4 Å². The van der Waals surface area contributed by atoms with E-state index in [-0.39, 0.29) is 29.4 Å². The molecule has 1 aliphatic heterocycles. The summed E-state index contributed by atoms with van der Waals surface area (Å²) in [5.74, 6) is 0. The number of sulfonamides is 1. The average Bonchev–Trinajstić information content (AvgIpc) is 2.87. The number of hydrogen-bond donors (Lipinski definition) is 1. The van der Waals surface area contributed by atoms with Crippen LogP contribution in [0.2, 0.25) is 0 Å². The number of nitrogens with two attached hydrogens (primary N) is 1. The van der Waals surface area contributed by atoms with Crippen molar-refractivity contribution in [2.45, 2.75) is 56.1 Å². The highest BCUT2D eigenvalue weighted by atomic mass is 35.5. The molecule has 1 aromatic heterocycles. The van der Waals surface area contributed by atoms with Gasteiger partial charge in [-0.3, -0.25) is 4.68 Å². The first-order valence-electron chi connectivity index (χ1n) is 6.90. The second-order valence-corrected chi connectivity index (χ2v) is 7.22. The molecule has 2 unspecified atom stereocenters. The minimum Gasteiger partial charge on any atom is -0.326 e. The average molecular weight is 359 g/mol. The molecule has 0 aromatic carbocycles. The summed E-state index contributed by atoms with van der Waals surface area (Å²) in [5, 5.41) is 3.69. The Morgan fingerprint density at radius 3 is 2.73 bits per heavy atom. The molecule has 0 bridgehead atoms. The molecular formula is C12H21ClF2N4O2S. The van der Waals surface area contributed by atoms with Gasteiger partial charge in [-0.25, -0.2) is 17.2 Å². The molecule has 128 valence electrons. The van der Waals surface area contributed by atoms with E-state index >= 15 is 0 Å². The van der Waals surface area contributed by atoms with Crippen molar-refractivity contribution < 1.29 is 17.2 Å². The lowest BCUT2D eigenvalue weighted by Gasteiger charge is -2.36. The van der Waals surface area contributed by atoms with E-state index in [1.54, 1.807) is 6.92 Å². The molecule has 1 aromatic rings. The highest BCUT2D eigenvalue weighted by molar-refractivity contribution is 7.89. The van der Waals surface area contributed by atoms with Crippen LogP contribution in [0.5, 0.6) is 0 Å². The molecule has 0 amide bonds. The number of piperidine rings is 1. The standard InChI is InChI=1S/C12H20F2N4O2S.ClH/c1-9(15)11-4-2-3-5-18(11)21(19,20)10-6-16-17(7-10)8-12(13)14;/h6-7,9,11-12H,2-5,8,15H2,1H3;1H. The van der Waals surface area contributed by atoms with Gasteiger partial charge in [0.2, 0.25) is 10.0 Å². The third kappa shape index (κ3) is 4.15. The van der Waals surface area contributed by atoms with Crippen molar-refractivity contribution in [1.29, 1.82) is 0 Å². The second kappa shape index (κ2) is 7.67. The number of halogens is 3. The molecule has 10 heteroatoms. The molecule has 2 atom stereocenters. The first-order chi connectivity index (χ1) is 9.82. The number of alkyl halides is 2. The van der Waals surface area contributed by atoms with Crippen LogP contribution in [0.1, 0.15) is 26.2 Å². The fourth-order valence-corrected chi connectivity index (χ4v) is 4.34. The SMILES string of the molecule is CC(N)C1CCCCN1S(=O)(=O)c1cnn(CC(F)F)c1.Cl. The van der Waals surface area contributed by atoms with Gasteiger partial charge < -0.3 is 5.73 Å². The van der Waals surface area contributed by atoms with Crippen LogP contribution < -0.4 is 5.73 Å². The van der Waals surface area contributed by atoms with E-state index in [2.05, 4.69) is 5.10 Å². The van der Waals surface area contributed by atoms with Crippen molar-refractivity contribution in [3.05, 3.63) is 12.4 Å². The zero-order valence-corrected chi connectivity index (χ0v) is 13.9. The molecule has 1 fully saturated rings. The van der Waals surface area contributed by atoms with E-state index in [4.69, 9.17) is 5.73 Å². The molecule has 0 spiro atoms. The minimum absolute atomic E-state index is 0. The third-order valence-electron chi connectivity index (χ3n) is 3.65. The molecule has 2 rings (SSSR count). The lowest BCUT2D eigenvalue weighted by atomic mass is 10.00. The maximum Gasteiger partial charge on any atom is 0.257 e. The monoisotopic (exact) mass is 358 g/mol. The molecule has 0 radical (unpaired) electrons. The van der Waals surface area contributed by atoms with Crippen LogP contribution in [-0.4, -0.2) is 47.6 Å². The molecule has 2 N–H and O–H groups in total. The van der Waals surface area contributed by atoms with E-state index in [1.165, 1.54) is 4.31 Å². The van der Waals surface area contributed by atoms with Gasteiger partial charge in [0.15, 0.2) is 0 Å². The first-order valence-corrected chi connectivity index (χ1v) is 8.34. The summed E-state index contributed by atoms with van der Waals surface area (Å²) in [4.78, 5) is -0.0595. The Labute approximate surface area is 135 Å². The summed E-state index contributed by atoms with van der Waals surface area (Å²) in [6.07, 6.45) is 2.10. The van der Waals surface area contributed by atoms with Crippen LogP contribution in [0.3, 0.4) is 0 Å². The maximum atomic E-state index is 12.6. The summed E-state index contributed by atoms with van der Waals surface area (Å²) >= 11 is 0. The highest BCUT2D eigenvalue weighted by Crippen LogP contribution is 2.26. The largest absolute Gasteiger partial charge is 0.326 e. The Hall–Kier alpha value is -0.770.